The van der Waals surface area contributed by atoms with Crippen molar-refractivity contribution in [2.24, 2.45) is 0 Å². The van der Waals surface area contributed by atoms with Crippen molar-refractivity contribution in [1.82, 2.24) is 9.78 Å². The first-order valence-electron chi connectivity index (χ1n) is 6.19. The fourth-order valence-corrected chi connectivity index (χ4v) is 2.45. The van der Waals surface area contributed by atoms with Crippen molar-refractivity contribution in [3.63, 3.8) is 0 Å². The smallest absolute Gasteiger partial charge is 0.359 e. The lowest BCUT2D eigenvalue weighted by atomic mass is 10.3. The zero-order chi connectivity index (χ0) is 15.2. The summed E-state index contributed by atoms with van der Waals surface area (Å²) in [5, 5.41) is 13.0. The lowest BCUT2D eigenvalue weighted by Gasteiger charge is -2.10. The Morgan fingerprint density at radius 1 is 1.38 bits per heavy atom. The van der Waals surface area contributed by atoms with Crippen LogP contribution in [-0.2, 0) is 4.74 Å². The van der Waals surface area contributed by atoms with Crippen molar-refractivity contribution in [3.8, 4) is 5.69 Å². The molecule has 0 radical (unpaired) electrons. The van der Waals surface area contributed by atoms with Crippen LogP contribution in [0.4, 0.5) is 0 Å². The normalized spacial score (nSPS) is 10.4. The minimum absolute atomic E-state index is 0.0550. The number of thioether (sulfide) groups is 1. The molecule has 7 heteroatoms. The van der Waals surface area contributed by atoms with E-state index >= 15 is 0 Å². The number of hydrogen-bond acceptors (Lipinski definition) is 6. The predicted molar refractivity (Wildman–Crippen MR) is 79.0 cm³/mol. The maximum absolute atomic E-state index is 12.1. The van der Waals surface area contributed by atoms with Gasteiger partial charge >= 0.3 is 5.97 Å². The maximum Gasteiger partial charge on any atom is 0.359 e. The molecule has 0 saturated heterocycles. The van der Waals surface area contributed by atoms with Crippen LogP contribution >= 0.6 is 11.8 Å². The molecule has 0 unspecified atom stereocenters. The average Bonchev–Trinajstić information content (AvgIpc) is 2.53. The molecule has 0 amide bonds. The standard InChI is InChI=1S/C14H14N2O4S/c1-20-14(19)13-11(21-8-7-17)9-12(18)16(15-13)10-5-3-2-4-6-10/h2-6,9,17H,7-8H2,1H3. The van der Waals surface area contributed by atoms with Crippen molar-refractivity contribution in [3.05, 3.63) is 52.4 Å². The Labute approximate surface area is 125 Å². The second-order valence-electron chi connectivity index (χ2n) is 4.01. The topological polar surface area (TPSA) is 81.4 Å². The van der Waals surface area contributed by atoms with E-state index in [1.807, 2.05) is 6.07 Å². The Bertz CT molecular complexity index is 685. The number of aliphatic hydroxyl groups is 1. The first-order valence-corrected chi connectivity index (χ1v) is 7.17. The lowest BCUT2D eigenvalue weighted by molar-refractivity contribution is 0.0587. The number of hydrogen-bond donors (Lipinski definition) is 1. The third-order valence-corrected chi connectivity index (χ3v) is 3.63. The fourth-order valence-electron chi connectivity index (χ4n) is 1.70. The van der Waals surface area contributed by atoms with Gasteiger partial charge < -0.3 is 9.84 Å². The van der Waals surface area contributed by atoms with E-state index in [0.29, 0.717) is 16.3 Å². The van der Waals surface area contributed by atoms with E-state index in [4.69, 9.17) is 9.84 Å². The van der Waals surface area contributed by atoms with Crippen LogP contribution in [0.1, 0.15) is 10.5 Å². The highest BCUT2D eigenvalue weighted by Crippen LogP contribution is 2.20. The van der Waals surface area contributed by atoms with Gasteiger partial charge in [-0.15, -0.1) is 11.8 Å². The van der Waals surface area contributed by atoms with Gasteiger partial charge in [0, 0.05) is 16.7 Å². The third kappa shape index (κ3) is 3.50. The van der Waals surface area contributed by atoms with Crippen LogP contribution in [0.25, 0.3) is 5.69 Å². The molecule has 0 bridgehead atoms. The molecule has 0 aliphatic rings. The number of aliphatic hydroxyl groups excluding tert-OH is 1. The van der Waals surface area contributed by atoms with E-state index in [2.05, 4.69) is 5.10 Å². The average molecular weight is 306 g/mol. The van der Waals surface area contributed by atoms with Crippen LogP contribution in [0.15, 0.2) is 46.1 Å². The van der Waals surface area contributed by atoms with E-state index in [-0.39, 0.29) is 17.9 Å². The summed E-state index contributed by atoms with van der Waals surface area (Å²) in [5.41, 5.74) is 0.264. The van der Waals surface area contributed by atoms with Crippen molar-refractivity contribution >= 4 is 17.7 Å². The molecule has 0 aliphatic carbocycles. The van der Waals surface area contributed by atoms with E-state index in [1.54, 1.807) is 24.3 Å². The van der Waals surface area contributed by atoms with Crippen LogP contribution in [-0.4, -0.2) is 40.3 Å². The Morgan fingerprint density at radius 2 is 2.10 bits per heavy atom. The highest BCUT2D eigenvalue weighted by atomic mass is 32.2. The van der Waals surface area contributed by atoms with Gasteiger partial charge in [-0.1, -0.05) is 18.2 Å². The van der Waals surface area contributed by atoms with E-state index in [1.165, 1.54) is 24.9 Å². The second-order valence-corrected chi connectivity index (χ2v) is 5.14. The molecular weight excluding hydrogens is 292 g/mol. The van der Waals surface area contributed by atoms with E-state index in [0.717, 1.165) is 4.68 Å². The number of rotatable bonds is 5. The Morgan fingerprint density at radius 3 is 2.71 bits per heavy atom. The maximum atomic E-state index is 12.1. The number of carbonyl (C=O) groups is 1. The van der Waals surface area contributed by atoms with Gasteiger partial charge in [-0.05, 0) is 12.1 Å². The number of para-hydroxylation sites is 1. The summed E-state index contributed by atoms with van der Waals surface area (Å²) in [4.78, 5) is 24.4. The number of ether oxygens (including phenoxy) is 1. The SMILES string of the molecule is COC(=O)c1nn(-c2ccccc2)c(=O)cc1SCCO. The Balaban J connectivity index is 2.54. The molecule has 0 atom stereocenters. The van der Waals surface area contributed by atoms with Gasteiger partial charge in [-0.3, -0.25) is 4.79 Å². The van der Waals surface area contributed by atoms with Gasteiger partial charge in [0.2, 0.25) is 0 Å². The molecule has 0 spiro atoms. The van der Waals surface area contributed by atoms with Gasteiger partial charge in [0.05, 0.1) is 19.4 Å². The summed E-state index contributed by atoms with van der Waals surface area (Å²) in [5.74, 6) is -0.263. The minimum Gasteiger partial charge on any atom is -0.464 e. The summed E-state index contributed by atoms with van der Waals surface area (Å²) in [6.07, 6.45) is 0. The zero-order valence-corrected chi connectivity index (χ0v) is 12.2. The van der Waals surface area contributed by atoms with E-state index < -0.39 is 5.97 Å². The second kappa shape index (κ2) is 7.05. The summed E-state index contributed by atoms with van der Waals surface area (Å²) in [6, 6.07) is 10.1. The van der Waals surface area contributed by atoms with Gasteiger partial charge in [0.15, 0.2) is 5.69 Å². The number of nitrogens with zero attached hydrogens (tertiary/aromatic N) is 2. The monoisotopic (exact) mass is 306 g/mol. The number of methoxy groups -OCH3 is 1. The largest absolute Gasteiger partial charge is 0.464 e. The fraction of sp³-hybridized carbons (Fsp3) is 0.214. The van der Waals surface area contributed by atoms with Crippen LogP contribution in [0, 0.1) is 0 Å². The number of benzene rings is 1. The highest BCUT2D eigenvalue weighted by Gasteiger charge is 2.17. The predicted octanol–water partition coefficient (Wildman–Crippen LogP) is 1.10. The molecule has 1 N–H and O–H groups in total. The number of carbonyl (C=O) groups excluding carboxylic acids is 1. The molecule has 2 rings (SSSR count). The van der Waals surface area contributed by atoms with Crippen LogP contribution in [0.3, 0.4) is 0 Å². The molecule has 1 aromatic heterocycles. The quantitative estimate of drug-likeness (QED) is 0.658. The first-order chi connectivity index (χ1) is 10.2. The third-order valence-electron chi connectivity index (χ3n) is 2.63. The molecule has 1 aromatic carbocycles. The number of aromatic nitrogens is 2. The highest BCUT2D eigenvalue weighted by molar-refractivity contribution is 7.99. The molecule has 0 fully saturated rings. The molecule has 0 aliphatic heterocycles. The van der Waals surface area contributed by atoms with Crippen LogP contribution in [0.5, 0.6) is 0 Å². The van der Waals surface area contributed by atoms with Crippen LogP contribution in [0.2, 0.25) is 0 Å². The molecule has 21 heavy (non-hydrogen) atoms. The summed E-state index contributed by atoms with van der Waals surface area (Å²) >= 11 is 1.18. The molecule has 1 heterocycles. The van der Waals surface area contributed by atoms with E-state index in [9.17, 15) is 9.59 Å². The lowest BCUT2D eigenvalue weighted by Crippen LogP contribution is -2.24. The van der Waals surface area contributed by atoms with Crippen molar-refractivity contribution in [2.75, 3.05) is 19.5 Å². The Hall–Kier alpha value is -2.12. The summed E-state index contributed by atoms with van der Waals surface area (Å²) in [7, 11) is 1.25. The number of esters is 1. The van der Waals surface area contributed by atoms with Crippen LogP contribution < -0.4 is 5.56 Å². The van der Waals surface area contributed by atoms with Gasteiger partial charge in [0.1, 0.15) is 0 Å². The Kier molecular flexibility index (Phi) is 5.13. The molecule has 0 saturated carbocycles. The van der Waals surface area contributed by atoms with Gasteiger partial charge in [-0.25, -0.2) is 4.79 Å². The summed E-state index contributed by atoms with van der Waals surface area (Å²) < 4.78 is 5.84. The molecule has 110 valence electrons. The van der Waals surface area contributed by atoms with Gasteiger partial charge in [0.25, 0.3) is 5.56 Å². The van der Waals surface area contributed by atoms with Gasteiger partial charge in [-0.2, -0.15) is 9.78 Å². The minimum atomic E-state index is -0.625. The van der Waals surface area contributed by atoms with Crippen molar-refractivity contribution in [2.45, 2.75) is 4.90 Å². The van der Waals surface area contributed by atoms with Crippen molar-refractivity contribution < 1.29 is 14.6 Å². The molecule has 6 nitrogen and oxygen atoms in total. The summed E-state index contributed by atoms with van der Waals surface area (Å²) in [6.45, 7) is -0.0625. The zero-order valence-electron chi connectivity index (χ0n) is 11.4. The first kappa shape index (κ1) is 15.3. The molecule has 2 aromatic rings. The van der Waals surface area contributed by atoms with Crippen molar-refractivity contribution in [1.29, 1.82) is 0 Å². The molecular formula is C14H14N2O4S.